The number of oxime groups is 1. The predicted molar refractivity (Wildman–Crippen MR) is 121 cm³/mol. The standard InChI is InChI=1S/C24H22N4O7/c1-13(29)21-19-10-16(20-11-18(26-35-20)17-4-2-3-9-25-17)22(27(19)23(21)30)24(31)34-12-14-5-7-15(8-6-14)28(32)33/h2-9,13,19-21,29H,10-12H2,1H3/t13-,19-,20+,21-/m1/s1. The van der Waals surface area contributed by atoms with E-state index in [0.29, 0.717) is 35.4 Å². The van der Waals surface area contributed by atoms with E-state index in [0.717, 1.165) is 0 Å². The van der Waals surface area contributed by atoms with Crippen molar-refractivity contribution in [3.8, 4) is 0 Å². The van der Waals surface area contributed by atoms with Crippen molar-refractivity contribution >= 4 is 23.3 Å². The normalized spacial score (nSPS) is 23.8. The van der Waals surface area contributed by atoms with Crippen molar-refractivity contribution in [2.45, 2.75) is 44.6 Å². The van der Waals surface area contributed by atoms with E-state index < -0.39 is 29.0 Å². The molecule has 0 aliphatic carbocycles. The molecule has 0 bridgehead atoms. The lowest BCUT2D eigenvalue weighted by atomic mass is 9.82. The molecule has 1 aromatic heterocycles. The number of hydrogen-bond acceptors (Lipinski definition) is 9. The monoisotopic (exact) mass is 478 g/mol. The van der Waals surface area contributed by atoms with Crippen LogP contribution < -0.4 is 0 Å². The van der Waals surface area contributed by atoms with Gasteiger partial charge >= 0.3 is 5.97 Å². The quantitative estimate of drug-likeness (QED) is 0.276. The van der Waals surface area contributed by atoms with Crippen LogP contribution in [0.25, 0.3) is 0 Å². The Morgan fingerprint density at radius 3 is 2.71 bits per heavy atom. The van der Waals surface area contributed by atoms with E-state index in [2.05, 4.69) is 10.1 Å². The zero-order chi connectivity index (χ0) is 24.7. The third-order valence-corrected chi connectivity index (χ3v) is 6.49. The van der Waals surface area contributed by atoms with E-state index in [1.807, 2.05) is 12.1 Å². The van der Waals surface area contributed by atoms with Gasteiger partial charge in [-0.3, -0.25) is 19.9 Å². The van der Waals surface area contributed by atoms with Crippen molar-refractivity contribution < 1.29 is 29.2 Å². The van der Waals surface area contributed by atoms with Crippen LogP contribution in [-0.2, 0) is 25.8 Å². The molecule has 4 heterocycles. The number of β-lactam (4-membered cyclic amide) rings is 1. The van der Waals surface area contributed by atoms with E-state index in [-0.39, 0.29) is 29.9 Å². The number of aliphatic hydroxyl groups excluding tert-OH is 1. The van der Waals surface area contributed by atoms with Gasteiger partial charge in [0.15, 0.2) is 6.10 Å². The Morgan fingerprint density at radius 2 is 2.06 bits per heavy atom. The molecule has 1 saturated heterocycles. The zero-order valence-electron chi connectivity index (χ0n) is 18.7. The van der Waals surface area contributed by atoms with Gasteiger partial charge < -0.3 is 19.6 Å². The molecule has 1 amide bonds. The maximum absolute atomic E-state index is 13.2. The summed E-state index contributed by atoms with van der Waals surface area (Å²) < 4.78 is 5.48. The summed E-state index contributed by atoms with van der Waals surface area (Å²) in [6, 6.07) is 10.7. The number of benzene rings is 1. The van der Waals surface area contributed by atoms with Crippen molar-refractivity contribution in [3.63, 3.8) is 0 Å². The van der Waals surface area contributed by atoms with Gasteiger partial charge in [-0.2, -0.15) is 0 Å². The summed E-state index contributed by atoms with van der Waals surface area (Å²) in [6.45, 7) is 1.43. The molecule has 4 atom stereocenters. The van der Waals surface area contributed by atoms with Crippen LogP contribution in [0.1, 0.15) is 31.0 Å². The Bertz CT molecular complexity index is 1240. The number of nitro groups is 1. The first kappa shape index (κ1) is 22.7. The highest BCUT2D eigenvalue weighted by Gasteiger charge is 2.58. The molecule has 0 unspecified atom stereocenters. The van der Waals surface area contributed by atoms with Crippen LogP contribution in [0, 0.1) is 16.0 Å². The molecule has 1 aromatic carbocycles. The fourth-order valence-electron chi connectivity index (χ4n) is 4.76. The van der Waals surface area contributed by atoms with Crippen LogP contribution in [0.4, 0.5) is 5.69 Å². The minimum absolute atomic E-state index is 0.0684. The molecular formula is C24H22N4O7. The lowest BCUT2D eigenvalue weighted by Gasteiger charge is -2.44. The number of non-ortho nitro benzene ring substituents is 1. The highest BCUT2D eigenvalue weighted by atomic mass is 16.6. The van der Waals surface area contributed by atoms with Gasteiger partial charge in [0, 0.05) is 30.3 Å². The van der Waals surface area contributed by atoms with Gasteiger partial charge in [-0.25, -0.2) is 4.79 Å². The number of nitro benzene ring substituents is 1. The number of aromatic nitrogens is 1. The van der Waals surface area contributed by atoms with Crippen molar-refractivity contribution in [1.82, 2.24) is 9.88 Å². The highest BCUT2D eigenvalue weighted by molar-refractivity contribution is 6.02. The molecule has 35 heavy (non-hydrogen) atoms. The van der Waals surface area contributed by atoms with Crippen molar-refractivity contribution in [1.29, 1.82) is 0 Å². The van der Waals surface area contributed by atoms with Gasteiger partial charge in [-0.05, 0) is 43.2 Å². The molecule has 180 valence electrons. The average molecular weight is 478 g/mol. The fourth-order valence-corrected chi connectivity index (χ4v) is 4.76. The van der Waals surface area contributed by atoms with Gasteiger partial charge in [-0.15, -0.1) is 0 Å². The summed E-state index contributed by atoms with van der Waals surface area (Å²) in [5.74, 6) is -1.65. The SMILES string of the molecule is C[C@@H](O)[C@H]1C(=O)N2C(C(=O)OCc3ccc([N+](=O)[O-])cc3)=C([C@@H]3CC(c4ccccn4)=NO3)C[C@H]12. The van der Waals surface area contributed by atoms with Crippen molar-refractivity contribution in [2.24, 2.45) is 11.1 Å². The maximum Gasteiger partial charge on any atom is 0.355 e. The third kappa shape index (κ3) is 4.03. The summed E-state index contributed by atoms with van der Waals surface area (Å²) in [7, 11) is 0. The van der Waals surface area contributed by atoms with Crippen molar-refractivity contribution in [2.75, 3.05) is 0 Å². The van der Waals surface area contributed by atoms with Gasteiger partial charge in [0.25, 0.3) is 5.69 Å². The Kier molecular flexibility index (Phi) is 5.77. The number of esters is 1. The molecule has 3 aliphatic rings. The number of carbonyl (C=O) groups is 2. The molecule has 5 rings (SSSR count). The van der Waals surface area contributed by atoms with Crippen LogP contribution >= 0.6 is 0 Å². The second-order valence-electron chi connectivity index (χ2n) is 8.67. The number of rotatable bonds is 7. The molecule has 0 spiro atoms. The average Bonchev–Trinajstić information content (AvgIpc) is 3.46. The Hall–Kier alpha value is -4.12. The van der Waals surface area contributed by atoms with Crippen LogP contribution in [0.15, 0.2) is 65.1 Å². The first-order valence-electron chi connectivity index (χ1n) is 11.1. The molecule has 11 heteroatoms. The fraction of sp³-hybridized carbons (Fsp3) is 0.333. The third-order valence-electron chi connectivity index (χ3n) is 6.49. The van der Waals surface area contributed by atoms with Crippen molar-refractivity contribution in [3.05, 3.63) is 81.3 Å². The number of pyridine rings is 1. The summed E-state index contributed by atoms with van der Waals surface area (Å²) in [5, 5.41) is 25.1. The number of hydrogen-bond donors (Lipinski definition) is 1. The topological polar surface area (TPSA) is 144 Å². The van der Waals surface area contributed by atoms with E-state index in [4.69, 9.17) is 9.57 Å². The smallest absolute Gasteiger partial charge is 0.355 e. The van der Waals surface area contributed by atoms with Crippen LogP contribution in [0.3, 0.4) is 0 Å². The summed E-state index contributed by atoms with van der Waals surface area (Å²) >= 11 is 0. The number of amides is 1. The van der Waals surface area contributed by atoms with Crippen LogP contribution in [-0.4, -0.2) is 55.8 Å². The van der Waals surface area contributed by atoms with Crippen LogP contribution in [0.5, 0.6) is 0 Å². The Morgan fingerprint density at radius 1 is 1.29 bits per heavy atom. The summed E-state index contributed by atoms with van der Waals surface area (Å²) in [6.07, 6.45) is 0.962. The highest BCUT2D eigenvalue weighted by Crippen LogP contribution is 2.46. The number of ether oxygens (including phenoxy) is 1. The first-order chi connectivity index (χ1) is 16.8. The van der Waals surface area contributed by atoms with Gasteiger partial charge in [0.1, 0.15) is 18.0 Å². The zero-order valence-corrected chi connectivity index (χ0v) is 18.7. The van der Waals surface area contributed by atoms with Gasteiger partial charge in [0.05, 0.1) is 28.7 Å². The number of aliphatic hydroxyl groups is 1. The lowest BCUT2D eigenvalue weighted by molar-refractivity contribution is -0.384. The van der Waals surface area contributed by atoms with Gasteiger partial charge in [0.2, 0.25) is 5.91 Å². The predicted octanol–water partition coefficient (Wildman–Crippen LogP) is 2.09. The van der Waals surface area contributed by atoms with E-state index in [9.17, 15) is 24.8 Å². The Balaban J connectivity index is 1.36. The van der Waals surface area contributed by atoms with E-state index in [1.165, 1.54) is 29.2 Å². The summed E-state index contributed by atoms with van der Waals surface area (Å²) in [4.78, 5) is 47.6. The van der Waals surface area contributed by atoms with E-state index >= 15 is 0 Å². The molecule has 0 radical (unpaired) electrons. The minimum atomic E-state index is -0.856. The molecule has 1 N–H and O–H groups in total. The number of fused-ring (bicyclic) bond motifs is 1. The first-order valence-corrected chi connectivity index (χ1v) is 11.1. The van der Waals surface area contributed by atoms with Crippen LogP contribution in [0.2, 0.25) is 0 Å². The Labute approximate surface area is 199 Å². The van der Waals surface area contributed by atoms with Gasteiger partial charge in [-0.1, -0.05) is 11.2 Å². The van der Waals surface area contributed by atoms with E-state index in [1.54, 1.807) is 19.2 Å². The number of nitrogens with zero attached hydrogens (tertiary/aromatic N) is 4. The second kappa shape index (κ2) is 8.91. The molecule has 11 nitrogen and oxygen atoms in total. The summed E-state index contributed by atoms with van der Waals surface area (Å²) in [5.41, 5.74) is 2.50. The lowest BCUT2D eigenvalue weighted by Crippen LogP contribution is -2.61. The largest absolute Gasteiger partial charge is 0.456 e. The molecule has 0 saturated carbocycles. The molecule has 1 fully saturated rings. The molecular weight excluding hydrogens is 456 g/mol. The minimum Gasteiger partial charge on any atom is -0.456 e. The second-order valence-corrected chi connectivity index (χ2v) is 8.67. The molecule has 2 aromatic rings. The maximum atomic E-state index is 13.2. The number of carbonyl (C=O) groups excluding carboxylic acids is 2. The molecule has 3 aliphatic heterocycles.